The van der Waals surface area contributed by atoms with Crippen molar-refractivity contribution in [2.45, 2.75) is 6.92 Å². The molecule has 1 aromatic carbocycles. The fourth-order valence-corrected chi connectivity index (χ4v) is 1.47. The van der Waals surface area contributed by atoms with Gasteiger partial charge in [0.15, 0.2) is 0 Å². The summed E-state index contributed by atoms with van der Waals surface area (Å²) in [4.78, 5) is 10.9. The average Bonchev–Trinajstić information content (AvgIpc) is 2.07. The number of ether oxygens (including phenoxy) is 1. The molecule has 0 N–H and O–H groups in total. The molecule has 0 amide bonds. The van der Waals surface area contributed by atoms with Crippen molar-refractivity contribution < 1.29 is 9.53 Å². The first-order chi connectivity index (χ1) is 6.06. The number of aryl methyl sites for hydroxylation is 1. The number of carbonyl (C=O) groups excluding carboxylic acids is 1. The van der Waals surface area contributed by atoms with Gasteiger partial charge >= 0.3 is 0 Å². The highest BCUT2D eigenvalue weighted by molar-refractivity contribution is 6.68. The van der Waals surface area contributed by atoms with Crippen molar-refractivity contribution in [1.29, 1.82) is 0 Å². The summed E-state index contributed by atoms with van der Waals surface area (Å²) in [6, 6.07) is 3.18. The number of hydrogen-bond acceptors (Lipinski definition) is 2. The fourth-order valence-electron chi connectivity index (χ4n) is 1.02. The van der Waals surface area contributed by atoms with Crippen molar-refractivity contribution in [2.75, 3.05) is 7.11 Å². The van der Waals surface area contributed by atoms with Crippen LogP contribution in [0.4, 0.5) is 0 Å². The van der Waals surface area contributed by atoms with E-state index in [0.717, 1.165) is 5.56 Å². The molecule has 0 radical (unpaired) electrons. The molecule has 0 spiro atoms. The zero-order chi connectivity index (χ0) is 10.0. The number of halogens is 2. The van der Waals surface area contributed by atoms with Gasteiger partial charge in [-0.3, -0.25) is 4.79 Å². The van der Waals surface area contributed by atoms with Crippen LogP contribution in [0.15, 0.2) is 12.1 Å². The van der Waals surface area contributed by atoms with Gasteiger partial charge in [0.25, 0.3) is 5.24 Å². The van der Waals surface area contributed by atoms with Gasteiger partial charge in [0, 0.05) is 5.56 Å². The molecule has 0 fully saturated rings. The quantitative estimate of drug-likeness (QED) is 0.714. The molecule has 70 valence electrons. The molecule has 0 aliphatic heterocycles. The van der Waals surface area contributed by atoms with Gasteiger partial charge in [0.2, 0.25) is 0 Å². The molecule has 0 atom stereocenters. The van der Waals surface area contributed by atoms with Gasteiger partial charge in [-0.1, -0.05) is 11.6 Å². The highest BCUT2D eigenvalue weighted by Crippen LogP contribution is 2.28. The van der Waals surface area contributed by atoms with Crippen molar-refractivity contribution in [3.8, 4) is 5.75 Å². The van der Waals surface area contributed by atoms with Crippen LogP contribution in [0.25, 0.3) is 0 Å². The van der Waals surface area contributed by atoms with Gasteiger partial charge in [-0.2, -0.15) is 0 Å². The zero-order valence-corrected chi connectivity index (χ0v) is 8.74. The van der Waals surface area contributed by atoms with Crippen LogP contribution in [0.2, 0.25) is 5.02 Å². The smallest absolute Gasteiger partial charge is 0.252 e. The lowest BCUT2D eigenvalue weighted by molar-refractivity contribution is 0.108. The largest absolute Gasteiger partial charge is 0.495 e. The first kappa shape index (κ1) is 10.4. The van der Waals surface area contributed by atoms with Gasteiger partial charge in [0.05, 0.1) is 12.1 Å². The molecule has 2 nitrogen and oxygen atoms in total. The summed E-state index contributed by atoms with van der Waals surface area (Å²) in [5.41, 5.74) is 1.16. The van der Waals surface area contributed by atoms with Crippen LogP contribution < -0.4 is 4.74 Å². The Labute approximate surface area is 86.4 Å². The second-order valence-electron chi connectivity index (χ2n) is 2.58. The third kappa shape index (κ3) is 2.14. The van der Waals surface area contributed by atoms with E-state index in [4.69, 9.17) is 27.9 Å². The maximum Gasteiger partial charge on any atom is 0.252 e. The zero-order valence-electron chi connectivity index (χ0n) is 7.23. The van der Waals surface area contributed by atoms with E-state index < -0.39 is 5.24 Å². The molecule has 0 aliphatic rings. The summed E-state index contributed by atoms with van der Waals surface area (Å²) in [5, 5.41) is -0.126. The molecule has 0 bridgehead atoms. The Kier molecular flexibility index (Phi) is 3.17. The van der Waals surface area contributed by atoms with E-state index in [2.05, 4.69) is 0 Å². The van der Waals surface area contributed by atoms with Crippen molar-refractivity contribution in [1.82, 2.24) is 0 Å². The second kappa shape index (κ2) is 3.99. The predicted octanol–water partition coefficient (Wildman–Crippen LogP) is 3.04. The normalized spacial score (nSPS) is 9.85. The van der Waals surface area contributed by atoms with Crippen molar-refractivity contribution in [2.24, 2.45) is 0 Å². The molecular weight excluding hydrogens is 211 g/mol. The minimum atomic E-state index is -0.512. The monoisotopic (exact) mass is 218 g/mol. The minimum Gasteiger partial charge on any atom is -0.495 e. The Hall–Kier alpha value is -0.730. The van der Waals surface area contributed by atoms with Crippen LogP contribution in [0.5, 0.6) is 5.75 Å². The van der Waals surface area contributed by atoms with Crippen LogP contribution in [-0.2, 0) is 0 Å². The van der Waals surface area contributed by atoms with Gasteiger partial charge in [-0.15, -0.1) is 0 Å². The number of carbonyl (C=O) groups is 1. The van der Waals surface area contributed by atoms with Gasteiger partial charge < -0.3 is 4.74 Å². The van der Waals surface area contributed by atoms with E-state index in [1.54, 1.807) is 13.0 Å². The highest BCUT2D eigenvalue weighted by atomic mass is 35.5. The van der Waals surface area contributed by atoms with E-state index in [0.29, 0.717) is 16.3 Å². The molecule has 1 aromatic rings. The van der Waals surface area contributed by atoms with Crippen LogP contribution in [0, 0.1) is 6.92 Å². The lowest BCUT2D eigenvalue weighted by Crippen LogP contribution is -1.95. The molecule has 0 heterocycles. The van der Waals surface area contributed by atoms with Crippen LogP contribution >= 0.6 is 23.2 Å². The molecule has 13 heavy (non-hydrogen) atoms. The Morgan fingerprint density at radius 1 is 1.46 bits per heavy atom. The maximum absolute atomic E-state index is 10.9. The third-order valence-corrected chi connectivity index (χ3v) is 2.21. The number of benzene rings is 1. The lowest BCUT2D eigenvalue weighted by atomic mass is 10.1. The number of rotatable bonds is 2. The van der Waals surface area contributed by atoms with E-state index in [1.165, 1.54) is 13.2 Å². The van der Waals surface area contributed by atoms with E-state index in [9.17, 15) is 4.79 Å². The second-order valence-corrected chi connectivity index (χ2v) is 3.33. The summed E-state index contributed by atoms with van der Waals surface area (Å²) in [5.74, 6) is 0.542. The topological polar surface area (TPSA) is 26.3 Å². The van der Waals surface area contributed by atoms with Gasteiger partial charge in [-0.25, -0.2) is 0 Å². The Balaban J connectivity index is 3.28. The molecule has 0 saturated heterocycles. The molecule has 4 heteroatoms. The van der Waals surface area contributed by atoms with Crippen molar-refractivity contribution in [3.63, 3.8) is 0 Å². The van der Waals surface area contributed by atoms with Gasteiger partial charge in [0.1, 0.15) is 5.75 Å². The average molecular weight is 219 g/mol. The third-order valence-electron chi connectivity index (χ3n) is 1.71. The Morgan fingerprint density at radius 3 is 2.54 bits per heavy atom. The first-order valence-electron chi connectivity index (χ1n) is 3.60. The summed E-state index contributed by atoms with van der Waals surface area (Å²) in [7, 11) is 1.52. The van der Waals surface area contributed by atoms with E-state index >= 15 is 0 Å². The molecule has 1 rings (SSSR count). The van der Waals surface area contributed by atoms with Crippen LogP contribution in [0.1, 0.15) is 15.9 Å². The Bertz CT molecular complexity index is 348. The molecule has 0 unspecified atom stereocenters. The highest BCUT2D eigenvalue weighted by Gasteiger charge is 2.10. The molecule has 0 aliphatic carbocycles. The van der Waals surface area contributed by atoms with Crippen molar-refractivity contribution in [3.05, 3.63) is 28.3 Å². The minimum absolute atomic E-state index is 0.386. The SMILES string of the molecule is COc1cc(C)c(C(=O)Cl)cc1Cl. The fraction of sp³-hybridized carbons (Fsp3) is 0.222. The van der Waals surface area contributed by atoms with E-state index in [-0.39, 0.29) is 0 Å². The number of hydrogen-bond donors (Lipinski definition) is 0. The maximum atomic E-state index is 10.9. The summed E-state index contributed by atoms with van der Waals surface area (Å²) >= 11 is 11.1. The van der Waals surface area contributed by atoms with E-state index in [1.807, 2.05) is 0 Å². The van der Waals surface area contributed by atoms with Crippen LogP contribution in [-0.4, -0.2) is 12.4 Å². The first-order valence-corrected chi connectivity index (χ1v) is 4.36. The molecule has 0 saturated carbocycles. The van der Waals surface area contributed by atoms with Gasteiger partial charge in [-0.05, 0) is 36.2 Å². The standard InChI is InChI=1S/C9H8Cl2O2/c1-5-3-8(13-2)7(10)4-6(5)9(11)12/h3-4H,1-2H3. The lowest BCUT2D eigenvalue weighted by Gasteiger charge is -2.06. The molecule has 0 aromatic heterocycles. The summed E-state index contributed by atoms with van der Waals surface area (Å²) in [6.07, 6.45) is 0. The van der Waals surface area contributed by atoms with Crippen LogP contribution in [0.3, 0.4) is 0 Å². The summed E-state index contributed by atoms with van der Waals surface area (Å²) in [6.45, 7) is 1.77. The Morgan fingerprint density at radius 2 is 2.08 bits per heavy atom. The predicted molar refractivity (Wildman–Crippen MR) is 52.9 cm³/mol. The molecular formula is C9H8Cl2O2. The number of methoxy groups -OCH3 is 1. The van der Waals surface area contributed by atoms with Crippen molar-refractivity contribution >= 4 is 28.4 Å². The summed E-state index contributed by atoms with van der Waals surface area (Å²) < 4.78 is 4.97.